The summed E-state index contributed by atoms with van der Waals surface area (Å²) in [4.78, 5) is 36.4. The number of hydrogen-bond donors (Lipinski definition) is 2. The van der Waals surface area contributed by atoms with E-state index in [0.29, 0.717) is 19.5 Å². The second kappa shape index (κ2) is 6.90. The monoisotopic (exact) mass is 330 g/mol. The highest BCUT2D eigenvalue weighted by Crippen LogP contribution is 2.12. The highest BCUT2D eigenvalue weighted by molar-refractivity contribution is 5.87. The summed E-state index contributed by atoms with van der Waals surface area (Å²) in [7, 11) is 1.72. The van der Waals surface area contributed by atoms with Gasteiger partial charge in [0, 0.05) is 26.6 Å². The van der Waals surface area contributed by atoms with E-state index in [2.05, 4.69) is 10.6 Å². The molecule has 7 nitrogen and oxygen atoms in total. The second-order valence-corrected chi connectivity index (χ2v) is 6.14. The molecule has 0 saturated carbocycles. The first-order chi connectivity index (χ1) is 11.6. The molecule has 1 atom stereocenters. The Hall–Kier alpha value is -2.57. The Kier molecular flexibility index (Phi) is 4.69. The minimum absolute atomic E-state index is 0.122. The molecule has 3 rings (SSSR count). The van der Waals surface area contributed by atoms with Crippen molar-refractivity contribution < 1.29 is 9.59 Å². The highest BCUT2D eigenvalue weighted by Gasteiger charge is 2.22. The van der Waals surface area contributed by atoms with Crippen LogP contribution in [0, 0.1) is 0 Å². The van der Waals surface area contributed by atoms with Gasteiger partial charge in [0.05, 0.1) is 11.0 Å². The summed E-state index contributed by atoms with van der Waals surface area (Å²) in [6, 6.07) is 7.03. The van der Waals surface area contributed by atoms with Crippen molar-refractivity contribution in [1.82, 2.24) is 19.8 Å². The molecular formula is C17H22N4O3. The first kappa shape index (κ1) is 16.3. The number of hydrogen-bond acceptors (Lipinski definition) is 3. The lowest BCUT2D eigenvalue weighted by molar-refractivity contribution is -0.128. The Labute approximate surface area is 139 Å². The maximum absolute atomic E-state index is 12.3. The number of aromatic nitrogens is 2. The average Bonchev–Trinajstić information content (AvgIpc) is 2.71. The van der Waals surface area contributed by atoms with Crippen molar-refractivity contribution in [1.29, 1.82) is 0 Å². The fraction of sp³-hybridized carbons (Fsp3) is 0.471. The third-order valence-corrected chi connectivity index (χ3v) is 4.48. The predicted molar refractivity (Wildman–Crippen MR) is 90.6 cm³/mol. The van der Waals surface area contributed by atoms with E-state index >= 15 is 0 Å². The van der Waals surface area contributed by atoms with Crippen molar-refractivity contribution in [3.8, 4) is 0 Å². The maximum Gasteiger partial charge on any atom is 0.328 e. The van der Waals surface area contributed by atoms with Crippen molar-refractivity contribution in [2.45, 2.75) is 38.3 Å². The van der Waals surface area contributed by atoms with Crippen LogP contribution >= 0.6 is 0 Å². The Morgan fingerprint density at radius 3 is 2.79 bits per heavy atom. The molecule has 7 heteroatoms. The quantitative estimate of drug-likeness (QED) is 0.857. The van der Waals surface area contributed by atoms with E-state index < -0.39 is 6.04 Å². The number of fused-ring (bicyclic) bond motifs is 1. The number of aryl methyl sites for hydroxylation is 2. The lowest BCUT2D eigenvalue weighted by atomic mass is 10.1. The lowest BCUT2D eigenvalue weighted by Gasteiger charge is -2.15. The first-order valence-electron chi connectivity index (χ1n) is 8.29. The van der Waals surface area contributed by atoms with E-state index in [0.717, 1.165) is 23.9 Å². The van der Waals surface area contributed by atoms with Crippen LogP contribution in [0.25, 0.3) is 11.0 Å². The lowest BCUT2D eigenvalue weighted by Crippen LogP contribution is -2.45. The van der Waals surface area contributed by atoms with Crippen LogP contribution in [-0.4, -0.2) is 33.5 Å². The number of amides is 2. The molecule has 0 spiro atoms. The number of nitrogens with zero attached hydrogens (tertiary/aromatic N) is 2. The topological polar surface area (TPSA) is 85.1 Å². The summed E-state index contributed by atoms with van der Waals surface area (Å²) in [6.45, 7) is 0.955. The fourth-order valence-electron chi connectivity index (χ4n) is 3.14. The first-order valence-corrected chi connectivity index (χ1v) is 8.29. The number of nitrogens with one attached hydrogen (secondary N) is 2. The Morgan fingerprint density at radius 2 is 2.00 bits per heavy atom. The van der Waals surface area contributed by atoms with Gasteiger partial charge in [-0.15, -0.1) is 0 Å². The number of imidazole rings is 1. The molecule has 2 heterocycles. The van der Waals surface area contributed by atoms with E-state index in [1.807, 2.05) is 24.3 Å². The van der Waals surface area contributed by atoms with Gasteiger partial charge in [0.1, 0.15) is 6.04 Å². The number of carbonyl (C=O) groups excluding carboxylic acids is 2. The second-order valence-electron chi connectivity index (χ2n) is 6.14. The molecule has 1 unspecified atom stereocenters. The van der Waals surface area contributed by atoms with Crippen LogP contribution in [0.15, 0.2) is 29.1 Å². The summed E-state index contributed by atoms with van der Waals surface area (Å²) < 4.78 is 3.17. The minimum Gasteiger partial charge on any atom is -0.354 e. The van der Waals surface area contributed by atoms with Crippen molar-refractivity contribution in [3.63, 3.8) is 0 Å². The molecule has 128 valence electrons. The van der Waals surface area contributed by atoms with E-state index in [1.165, 1.54) is 0 Å². The summed E-state index contributed by atoms with van der Waals surface area (Å²) >= 11 is 0. The maximum atomic E-state index is 12.3. The summed E-state index contributed by atoms with van der Waals surface area (Å²) in [6.07, 6.45) is 2.67. The number of benzene rings is 1. The van der Waals surface area contributed by atoms with Crippen LogP contribution in [0.1, 0.15) is 25.7 Å². The molecule has 0 aliphatic carbocycles. The van der Waals surface area contributed by atoms with Gasteiger partial charge in [-0.1, -0.05) is 12.1 Å². The largest absolute Gasteiger partial charge is 0.354 e. The zero-order chi connectivity index (χ0) is 17.1. The Morgan fingerprint density at radius 1 is 1.25 bits per heavy atom. The van der Waals surface area contributed by atoms with Crippen molar-refractivity contribution in [2.75, 3.05) is 6.54 Å². The van der Waals surface area contributed by atoms with Gasteiger partial charge in [-0.2, -0.15) is 0 Å². The van der Waals surface area contributed by atoms with Gasteiger partial charge in [-0.3, -0.25) is 18.7 Å². The average molecular weight is 330 g/mol. The van der Waals surface area contributed by atoms with E-state index in [1.54, 1.807) is 16.2 Å². The summed E-state index contributed by atoms with van der Waals surface area (Å²) in [5.74, 6) is -0.333. The smallest absolute Gasteiger partial charge is 0.328 e. The number of para-hydroxylation sites is 2. The van der Waals surface area contributed by atoms with E-state index in [-0.39, 0.29) is 23.9 Å². The molecule has 1 aliphatic heterocycles. The Bertz CT molecular complexity index is 821. The zero-order valence-corrected chi connectivity index (χ0v) is 13.7. The van der Waals surface area contributed by atoms with Gasteiger partial charge in [0.15, 0.2) is 0 Å². The molecule has 2 N–H and O–H groups in total. The predicted octanol–water partition coefficient (Wildman–Crippen LogP) is 0.515. The minimum atomic E-state index is -0.468. The van der Waals surface area contributed by atoms with Crippen molar-refractivity contribution >= 4 is 22.8 Å². The SMILES string of the molecule is Cn1c(=O)n(CCC(=O)NC2CCCCNC2=O)c2ccccc21. The van der Waals surface area contributed by atoms with Crippen LogP contribution in [0.4, 0.5) is 0 Å². The van der Waals surface area contributed by atoms with Crippen LogP contribution in [-0.2, 0) is 23.2 Å². The van der Waals surface area contributed by atoms with Gasteiger partial charge in [0.2, 0.25) is 11.8 Å². The molecule has 1 aromatic carbocycles. The van der Waals surface area contributed by atoms with Crippen LogP contribution in [0.5, 0.6) is 0 Å². The van der Waals surface area contributed by atoms with Gasteiger partial charge in [0.25, 0.3) is 0 Å². The molecule has 1 aromatic heterocycles. The molecule has 24 heavy (non-hydrogen) atoms. The van der Waals surface area contributed by atoms with Gasteiger partial charge in [-0.25, -0.2) is 4.79 Å². The normalized spacial score (nSPS) is 18.2. The molecule has 1 saturated heterocycles. The highest BCUT2D eigenvalue weighted by atomic mass is 16.2. The van der Waals surface area contributed by atoms with Crippen LogP contribution in [0.2, 0.25) is 0 Å². The summed E-state index contributed by atoms with van der Waals surface area (Å²) in [5.41, 5.74) is 1.51. The Balaban J connectivity index is 1.67. The van der Waals surface area contributed by atoms with Crippen molar-refractivity contribution in [2.24, 2.45) is 7.05 Å². The van der Waals surface area contributed by atoms with Gasteiger partial charge in [-0.05, 0) is 31.4 Å². The van der Waals surface area contributed by atoms with Crippen molar-refractivity contribution in [3.05, 3.63) is 34.7 Å². The molecule has 0 bridgehead atoms. The van der Waals surface area contributed by atoms with E-state index in [9.17, 15) is 14.4 Å². The number of rotatable bonds is 4. The van der Waals surface area contributed by atoms with Crippen LogP contribution < -0.4 is 16.3 Å². The number of carbonyl (C=O) groups is 2. The fourth-order valence-corrected chi connectivity index (χ4v) is 3.14. The molecule has 2 amide bonds. The van der Waals surface area contributed by atoms with Crippen LogP contribution in [0.3, 0.4) is 0 Å². The molecular weight excluding hydrogens is 308 g/mol. The molecule has 1 aliphatic rings. The summed E-state index contributed by atoms with van der Waals surface area (Å²) in [5, 5.41) is 5.58. The molecule has 0 radical (unpaired) electrons. The molecule has 2 aromatic rings. The zero-order valence-electron chi connectivity index (χ0n) is 13.7. The van der Waals surface area contributed by atoms with E-state index in [4.69, 9.17) is 0 Å². The van der Waals surface area contributed by atoms with Gasteiger partial charge >= 0.3 is 5.69 Å². The third-order valence-electron chi connectivity index (χ3n) is 4.48. The third kappa shape index (κ3) is 3.20. The standard InChI is InChI=1S/C17H22N4O3/c1-20-13-7-2-3-8-14(13)21(17(20)24)11-9-15(22)19-12-6-4-5-10-18-16(12)23/h2-3,7-8,12H,4-6,9-11H2,1H3,(H,18,23)(H,19,22). The van der Waals surface area contributed by atoms with Gasteiger partial charge < -0.3 is 10.6 Å². The molecule has 1 fully saturated rings.